The van der Waals surface area contributed by atoms with Gasteiger partial charge >= 0.3 is 12.0 Å². The predicted octanol–water partition coefficient (Wildman–Crippen LogP) is 5.46. The van der Waals surface area contributed by atoms with E-state index in [-0.39, 0.29) is 23.8 Å². The van der Waals surface area contributed by atoms with Gasteiger partial charge in [-0.15, -0.1) is 0 Å². The van der Waals surface area contributed by atoms with Gasteiger partial charge < -0.3 is 19.2 Å². The second-order valence-corrected chi connectivity index (χ2v) is 9.01. The normalized spacial score (nSPS) is 14.4. The molecule has 180 valence electrons. The molecule has 0 atom stereocenters. The first-order valence-corrected chi connectivity index (χ1v) is 11.6. The number of ether oxygens (including phenoxy) is 2. The van der Waals surface area contributed by atoms with Gasteiger partial charge in [0.25, 0.3) is 5.91 Å². The van der Waals surface area contributed by atoms with Crippen molar-refractivity contribution in [3.63, 3.8) is 0 Å². The van der Waals surface area contributed by atoms with Gasteiger partial charge in [0, 0.05) is 10.6 Å². The van der Waals surface area contributed by atoms with Gasteiger partial charge in [0.05, 0.1) is 18.1 Å². The molecule has 1 aliphatic heterocycles. The molecular formula is C25H20BrClN2O6. The summed E-state index contributed by atoms with van der Waals surface area (Å²) in [5, 5.41) is 2.98. The summed E-state index contributed by atoms with van der Waals surface area (Å²) in [4.78, 5) is 38.0. The first-order chi connectivity index (χ1) is 16.7. The molecule has 2 aromatic carbocycles. The lowest BCUT2D eigenvalue weighted by atomic mass is 10.1. The lowest BCUT2D eigenvalue weighted by molar-refractivity contribution is -0.123. The number of urea groups is 1. The summed E-state index contributed by atoms with van der Waals surface area (Å²) in [6.07, 6.45) is 1.50. The number of carbonyl (C=O) groups excluding carboxylic acids is 3. The smallest absolute Gasteiger partial charge is 0.373 e. The van der Waals surface area contributed by atoms with Crippen molar-refractivity contribution in [1.29, 1.82) is 0 Å². The molecule has 1 fully saturated rings. The van der Waals surface area contributed by atoms with Gasteiger partial charge in [-0.25, -0.2) is 9.59 Å². The monoisotopic (exact) mass is 558 g/mol. The van der Waals surface area contributed by atoms with E-state index in [1.165, 1.54) is 25.3 Å². The molecule has 3 aromatic rings. The van der Waals surface area contributed by atoms with Crippen LogP contribution in [-0.2, 0) is 22.7 Å². The zero-order chi connectivity index (χ0) is 25.1. The Hall–Kier alpha value is -3.56. The summed E-state index contributed by atoms with van der Waals surface area (Å²) >= 11 is 9.70. The van der Waals surface area contributed by atoms with Crippen LogP contribution in [0.25, 0.3) is 6.08 Å². The third-order valence-corrected chi connectivity index (χ3v) is 5.97. The minimum absolute atomic E-state index is 0.0236. The zero-order valence-corrected chi connectivity index (χ0v) is 21.1. The third kappa shape index (κ3) is 5.58. The first kappa shape index (κ1) is 24.6. The molecule has 1 saturated heterocycles. The Balaban J connectivity index is 1.56. The number of nitrogens with one attached hydrogen (secondary N) is 1. The van der Waals surface area contributed by atoms with Gasteiger partial charge in [-0.3, -0.25) is 9.69 Å². The van der Waals surface area contributed by atoms with Crippen LogP contribution in [-0.4, -0.2) is 29.9 Å². The van der Waals surface area contributed by atoms with E-state index in [9.17, 15) is 14.4 Å². The molecule has 0 aliphatic carbocycles. The minimum atomic E-state index is -0.654. The van der Waals surface area contributed by atoms with E-state index in [2.05, 4.69) is 26.0 Å². The highest BCUT2D eigenvalue weighted by atomic mass is 79.9. The number of aryl methyl sites for hydroxylation is 1. The number of furan rings is 1. The number of rotatable bonds is 7. The molecule has 8 nitrogen and oxygen atoms in total. The van der Waals surface area contributed by atoms with Crippen LogP contribution in [0.15, 0.2) is 63.1 Å². The van der Waals surface area contributed by atoms with Gasteiger partial charge in [-0.05, 0) is 58.8 Å². The maximum atomic E-state index is 13.0. The van der Waals surface area contributed by atoms with E-state index in [4.69, 9.17) is 20.8 Å². The number of amides is 3. The number of hydrogen-bond donors (Lipinski definition) is 1. The number of halogens is 2. The van der Waals surface area contributed by atoms with Gasteiger partial charge in [0.1, 0.15) is 23.8 Å². The maximum absolute atomic E-state index is 13.0. The molecule has 0 spiro atoms. The van der Waals surface area contributed by atoms with Crippen molar-refractivity contribution >= 4 is 51.5 Å². The van der Waals surface area contributed by atoms with E-state index in [0.29, 0.717) is 27.4 Å². The summed E-state index contributed by atoms with van der Waals surface area (Å²) in [5.41, 5.74) is 2.66. The Morgan fingerprint density at radius 3 is 2.63 bits per heavy atom. The van der Waals surface area contributed by atoms with Gasteiger partial charge in [-0.1, -0.05) is 41.4 Å². The summed E-state index contributed by atoms with van der Waals surface area (Å²) in [7, 11) is 1.23. The van der Waals surface area contributed by atoms with Gasteiger partial charge in [-0.2, -0.15) is 0 Å². The molecule has 10 heteroatoms. The molecule has 1 aliphatic rings. The molecule has 1 N–H and O–H groups in total. The fourth-order valence-electron chi connectivity index (χ4n) is 3.38. The summed E-state index contributed by atoms with van der Waals surface area (Å²) in [6, 6.07) is 13.5. The lowest BCUT2D eigenvalue weighted by Crippen LogP contribution is -2.30. The molecule has 2 heterocycles. The number of nitrogens with zero attached hydrogens (tertiary/aromatic N) is 1. The topological polar surface area (TPSA) is 98.1 Å². The fourth-order valence-corrected chi connectivity index (χ4v) is 4.33. The van der Waals surface area contributed by atoms with E-state index >= 15 is 0 Å². The van der Waals surface area contributed by atoms with Crippen molar-refractivity contribution in [2.24, 2.45) is 0 Å². The van der Waals surface area contributed by atoms with Crippen LogP contribution in [0.2, 0.25) is 5.02 Å². The fraction of sp³-hybridized carbons (Fsp3) is 0.160. The largest absolute Gasteiger partial charge is 0.487 e. The summed E-state index contributed by atoms with van der Waals surface area (Å²) in [6.45, 7) is 2.14. The highest BCUT2D eigenvalue weighted by molar-refractivity contribution is 9.10. The number of hydrogen-bond acceptors (Lipinski definition) is 6. The Bertz CT molecular complexity index is 1330. The summed E-state index contributed by atoms with van der Waals surface area (Å²) < 4.78 is 16.6. The van der Waals surface area contributed by atoms with Crippen LogP contribution in [0.3, 0.4) is 0 Å². The van der Waals surface area contributed by atoms with Gasteiger partial charge in [0.15, 0.2) is 0 Å². The van der Waals surface area contributed by atoms with Crippen LogP contribution in [0, 0.1) is 6.92 Å². The minimum Gasteiger partial charge on any atom is -0.487 e. The van der Waals surface area contributed by atoms with E-state index in [0.717, 1.165) is 16.0 Å². The van der Waals surface area contributed by atoms with Crippen molar-refractivity contribution < 1.29 is 28.3 Å². The standard InChI is InChI=1S/C25H20BrClN2O6/c1-14-3-5-15(6-4-14)13-34-22-16(9-17(27)11-19(22)26)10-20-23(30)29(25(32)28-20)12-18-7-8-21(35-18)24(31)33-2/h3-11H,12-13H2,1-2H3,(H,28,32)/b20-10-. The third-order valence-electron chi connectivity index (χ3n) is 5.17. The molecule has 3 amide bonds. The van der Waals surface area contributed by atoms with Crippen LogP contribution in [0.4, 0.5) is 4.79 Å². The molecule has 0 unspecified atom stereocenters. The van der Waals surface area contributed by atoms with Crippen LogP contribution >= 0.6 is 27.5 Å². The summed E-state index contributed by atoms with van der Waals surface area (Å²) in [5.74, 6) is -0.519. The average Bonchev–Trinajstić information content (AvgIpc) is 3.39. The SMILES string of the molecule is COC(=O)c1ccc(CN2C(=O)N/C(=C\c3cc(Cl)cc(Br)c3OCc3ccc(C)cc3)C2=O)o1. The molecule has 0 radical (unpaired) electrons. The predicted molar refractivity (Wildman–Crippen MR) is 132 cm³/mol. The Morgan fingerprint density at radius 2 is 1.91 bits per heavy atom. The van der Waals surface area contributed by atoms with Crippen molar-refractivity contribution in [3.8, 4) is 5.75 Å². The number of imide groups is 1. The van der Waals surface area contributed by atoms with Crippen molar-refractivity contribution in [2.45, 2.75) is 20.1 Å². The number of benzene rings is 2. The van der Waals surface area contributed by atoms with Crippen molar-refractivity contribution in [1.82, 2.24) is 10.2 Å². The Kier molecular flexibility index (Phi) is 7.28. The molecule has 1 aromatic heterocycles. The Labute approximate surface area is 214 Å². The molecular weight excluding hydrogens is 540 g/mol. The van der Waals surface area contributed by atoms with Crippen LogP contribution in [0.1, 0.15) is 33.0 Å². The second kappa shape index (κ2) is 10.4. The highest BCUT2D eigenvalue weighted by Gasteiger charge is 2.34. The maximum Gasteiger partial charge on any atom is 0.373 e. The number of carbonyl (C=O) groups is 3. The quantitative estimate of drug-likeness (QED) is 0.234. The first-order valence-electron chi connectivity index (χ1n) is 10.4. The van der Waals surface area contributed by atoms with Gasteiger partial charge in [0.2, 0.25) is 5.76 Å². The van der Waals surface area contributed by atoms with Crippen molar-refractivity contribution in [3.05, 3.63) is 91.9 Å². The lowest BCUT2D eigenvalue weighted by Gasteiger charge is -2.13. The highest BCUT2D eigenvalue weighted by Crippen LogP contribution is 2.35. The zero-order valence-electron chi connectivity index (χ0n) is 18.8. The second-order valence-electron chi connectivity index (χ2n) is 7.72. The van der Waals surface area contributed by atoms with Crippen molar-refractivity contribution in [2.75, 3.05) is 7.11 Å². The van der Waals surface area contributed by atoms with E-state index in [1.54, 1.807) is 12.1 Å². The van der Waals surface area contributed by atoms with E-state index < -0.39 is 17.9 Å². The van der Waals surface area contributed by atoms with Crippen LogP contribution in [0.5, 0.6) is 5.75 Å². The Morgan fingerprint density at radius 1 is 1.17 bits per heavy atom. The molecule has 0 bridgehead atoms. The molecule has 35 heavy (non-hydrogen) atoms. The molecule has 4 rings (SSSR count). The average molecular weight is 560 g/mol. The van der Waals surface area contributed by atoms with E-state index in [1.807, 2.05) is 31.2 Å². The van der Waals surface area contributed by atoms with Crippen LogP contribution < -0.4 is 10.1 Å². The number of methoxy groups -OCH3 is 1. The number of esters is 1. The molecule has 0 saturated carbocycles.